The van der Waals surface area contributed by atoms with Crippen LogP contribution in [0.25, 0.3) is 21.8 Å². The van der Waals surface area contributed by atoms with Gasteiger partial charge < -0.3 is 4.57 Å². The van der Waals surface area contributed by atoms with E-state index >= 15 is 0 Å². The maximum atomic E-state index is 2.54. The van der Waals surface area contributed by atoms with Gasteiger partial charge in [0.25, 0.3) is 0 Å². The van der Waals surface area contributed by atoms with Crippen LogP contribution in [0.4, 0.5) is 0 Å². The minimum Gasteiger partial charge on any atom is -0.322 e. The van der Waals surface area contributed by atoms with Crippen LogP contribution in [-0.2, 0) is 5.54 Å². The van der Waals surface area contributed by atoms with Crippen molar-refractivity contribution in [2.24, 2.45) is 0 Å². The van der Waals surface area contributed by atoms with Gasteiger partial charge in [0.2, 0.25) is 0 Å². The van der Waals surface area contributed by atoms with Crippen molar-refractivity contribution in [1.29, 1.82) is 0 Å². The molecular formula is C31H23N. The summed E-state index contributed by atoms with van der Waals surface area (Å²) in [6.45, 7) is 0. The quantitative estimate of drug-likeness (QED) is 0.264. The molecule has 32 heavy (non-hydrogen) atoms. The molecule has 0 spiro atoms. The second-order valence-electron chi connectivity index (χ2n) is 8.18. The molecule has 0 aliphatic heterocycles. The van der Waals surface area contributed by atoms with Crippen molar-refractivity contribution in [3.63, 3.8) is 0 Å². The summed E-state index contributed by atoms with van der Waals surface area (Å²) in [5.41, 5.74) is 5.65. The van der Waals surface area contributed by atoms with Crippen LogP contribution >= 0.6 is 0 Å². The SMILES string of the molecule is c1ccc(C(c2ccccc2)(c2ccccc2)n2c3ccccc3c3ccccc32)cc1. The molecule has 0 N–H and O–H groups in total. The summed E-state index contributed by atoms with van der Waals surface area (Å²) >= 11 is 0. The van der Waals surface area contributed by atoms with Gasteiger partial charge in [0.05, 0.1) is 11.0 Å². The van der Waals surface area contributed by atoms with Crippen LogP contribution in [0.2, 0.25) is 0 Å². The number of aromatic nitrogens is 1. The average Bonchev–Trinajstić information content (AvgIpc) is 3.22. The maximum Gasteiger partial charge on any atom is 0.121 e. The van der Waals surface area contributed by atoms with Crippen LogP contribution in [0.5, 0.6) is 0 Å². The molecule has 0 unspecified atom stereocenters. The summed E-state index contributed by atoms with van der Waals surface area (Å²) in [6.07, 6.45) is 0. The average molecular weight is 410 g/mol. The second-order valence-corrected chi connectivity index (χ2v) is 8.18. The van der Waals surface area contributed by atoms with Crippen LogP contribution in [0, 0.1) is 0 Å². The van der Waals surface area contributed by atoms with Crippen molar-refractivity contribution in [1.82, 2.24) is 4.57 Å². The lowest BCUT2D eigenvalue weighted by molar-refractivity contribution is 0.549. The third-order valence-electron chi connectivity index (χ3n) is 6.49. The number of benzene rings is 5. The summed E-state index contributed by atoms with van der Waals surface area (Å²) in [7, 11) is 0. The number of rotatable bonds is 4. The predicted molar refractivity (Wildman–Crippen MR) is 134 cm³/mol. The Labute approximate surface area is 188 Å². The Bertz CT molecular complexity index is 1350. The van der Waals surface area contributed by atoms with E-state index in [0.29, 0.717) is 0 Å². The maximum absolute atomic E-state index is 2.54. The standard InChI is InChI=1S/C31H23N/c1-4-14-24(15-5-1)31(25-16-6-2-7-17-25,26-18-8-3-9-19-26)32-29-22-12-10-20-27(29)28-21-11-13-23-30(28)32/h1-23H. The van der Waals surface area contributed by atoms with Crippen molar-refractivity contribution in [2.75, 3.05) is 0 Å². The fourth-order valence-electron chi connectivity index (χ4n) is 5.21. The normalized spacial score (nSPS) is 11.8. The highest BCUT2D eigenvalue weighted by Gasteiger charge is 2.40. The highest BCUT2D eigenvalue weighted by molar-refractivity contribution is 6.08. The van der Waals surface area contributed by atoms with E-state index in [0.717, 1.165) is 0 Å². The zero-order valence-corrected chi connectivity index (χ0v) is 17.7. The molecule has 0 aliphatic carbocycles. The first-order valence-electron chi connectivity index (χ1n) is 11.1. The molecule has 152 valence electrons. The molecule has 0 amide bonds. The van der Waals surface area contributed by atoms with Crippen LogP contribution in [0.3, 0.4) is 0 Å². The zero-order valence-electron chi connectivity index (χ0n) is 17.7. The van der Waals surface area contributed by atoms with Gasteiger partial charge in [-0.25, -0.2) is 0 Å². The topological polar surface area (TPSA) is 4.93 Å². The highest BCUT2D eigenvalue weighted by Crippen LogP contribution is 2.45. The third kappa shape index (κ3) is 2.65. The number of hydrogen-bond acceptors (Lipinski definition) is 0. The fraction of sp³-hybridized carbons (Fsp3) is 0.0323. The first-order valence-corrected chi connectivity index (χ1v) is 11.1. The molecule has 0 saturated heterocycles. The molecule has 1 heteroatoms. The Morgan fingerprint density at radius 3 is 1.03 bits per heavy atom. The van der Waals surface area contributed by atoms with Gasteiger partial charge in [-0.05, 0) is 28.8 Å². The van der Waals surface area contributed by atoms with E-state index in [2.05, 4.69) is 144 Å². The van der Waals surface area contributed by atoms with E-state index in [9.17, 15) is 0 Å². The number of fused-ring (bicyclic) bond motifs is 3. The minimum absolute atomic E-state index is 0.521. The van der Waals surface area contributed by atoms with Crippen molar-refractivity contribution >= 4 is 21.8 Å². The van der Waals surface area contributed by atoms with E-state index < -0.39 is 5.54 Å². The highest BCUT2D eigenvalue weighted by atomic mass is 15.1. The van der Waals surface area contributed by atoms with Gasteiger partial charge in [0.15, 0.2) is 0 Å². The van der Waals surface area contributed by atoms with Gasteiger partial charge in [0.1, 0.15) is 5.54 Å². The van der Waals surface area contributed by atoms with E-state index in [-0.39, 0.29) is 0 Å². The smallest absolute Gasteiger partial charge is 0.121 e. The molecule has 0 aliphatic rings. The minimum atomic E-state index is -0.521. The molecular weight excluding hydrogens is 386 g/mol. The molecule has 0 fully saturated rings. The van der Waals surface area contributed by atoms with Gasteiger partial charge in [-0.15, -0.1) is 0 Å². The lowest BCUT2D eigenvalue weighted by Crippen LogP contribution is -2.37. The molecule has 0 radical (unpaired) electrons. The van der Waals surface area contributed by atoms with Crippen LogP contribution in [-0.4, -0.2) is 4.57 Å². The van der Waals surface area contributed by atoms with Crippen LogP contribution in [0.1, 0.15) is 16.7 Å². The largest absolute Gasteiger partial charge is 0.322 e. The van der Waals surface area contributed by atoms with Crippen LogP contribution in [0.15, 0.2) is 140 Å². The molecule has 1 nitrogen and oxygen atoms in total. The molecule has 5 aromatic carbocycles. The Morgan fingerprint density at radius 1 is 0.344 bits per heavy atom. The molecule has 6 rings (SSSR count). The Kier molecular flexibility index (Phi) is 4.40. The Morgan fingerprint density at radius 2 is 0.656 bits per heavy atom. The summed E-state index contributed by atoms with van der Waals surface area (Å²) < 4.78 is 2.54. The Balaban J connectivity index is 1.89. The molecule has 0 atom stereocenters. The first-order chi connectivity index (χ1) is 15.9. The lowest BCUT2D eigenvalue weighted by atomic mass is 9.76. The summed E-state index contributed by atoms with van der Waals surface area (Å²) in [4.78, 5) is 0. The van der Waals surface area contributed by atoms with E-state index in [1.165, 1.54) is 38.5 Å². The molecule has 1 aromatic heterocycles. The molecule has 0 bridgehead atoms. The third-order valence-corrected chi connectivity index (χ3v) is 6.49. The number of para-hydroxylation sites is 2. The van der Waals surface area contributed by atoms with E-state index in [4.69, 9.17) is 0 Å². The van der Waals surface area contributed by atoms with Crippen molar-refractivity contribution < 1.29 is 0 Å². The molecule has 6 aromatic rings. The van der Waals surface area contributed by atoms with E-state index in [1.54, 1.807) is 0 Å². The van der Waals surface area contributed by atoms with Crippen molar-refractivity contribution in [2.45, 2.75) is 5.54 Å². The number of nitrogens with zero attached hydrogens (tertiary/aromatic N) is 1. The zero-order chi connectivity index (χ0) is 21.4. The van der Waals surface area contributed by atoms with Crippen molar-refractivity contribution in [3.05, 3.63) is 156 Å². The van der Waals surface area contributed by atoms with Gasteiger partial charge >= 0.3 is 0 Å². The fourth-order valence-corrected chi connectivity index (χ4v) is 5.21. The van der Waals surface area contributed by atoms with E-state index in [1.807, 2.05) is 0 Å². The van der Waals surface area contributed by atoms with Gasteiger partial charge in [-0.2, -0.15) is 0 Å². The van der Waals surface area contributed by atoms with Gasteiger partial charge in [-0.1, -0.05) is 127 Å². The molecule has 1 heterocycles. The molecule has 0 saturated carbocycles. The van der Waals surface area contributed by atoms with Crippen LogP contribution < -0.4 is 0 Å². The predicted octanol–water partition coefficient (Wildman–Crippen LogP) is 7.63. The van der Waals surface area contributed by atoms with Gasteiger partial charge in [0, 0.05) is 10.8 Å². The summed E-state index contributed by atoms with van der Waals surface area (Å²) in [5.74, 6) is 0. The second kappa shape index (κ2) is 7.55. The van der Waals surface area contributed by atoms with Gasteiger partial charge in [-0.3, -0.25) is 0 Å². The Hall–Kier alpha value is -4.10. The summed E-state index contributed by atoms with van der Waals surface area (Å²) in [5, 5.41) is 2.55. The van der Waals surface area contributed by atoms with Crippen molar-refractivity contribution in [3.8, 4) is 0 Å². The number of hydrogen-bond donors (Lipinski definition) is 0. The summed E-state index contributed by atoms with van der Waals surface area (Å²) in [6, 6.07) is 50.2. The first kappa shape index (κ1) is 18.7. The lowest BCUT2D eigenvalue weighted by Gasteiger charge is -2.39. The monoisotopic (exact) mass is 409 g/mol.